The first kappa shape index (κ1) is 27.2. The van der Waals surface area contributed by atoms with E-state index in [0.29, 0.717) is 49.1 Å². The molecule has 2 heterocycles. The van der Waals surface area contributed by atoms with Crippen LogP contribution < -0.4 is 24.4 Å². The van der Waals surface area contributed by atoms with Crippen molar-refractivity contribution in [2.24, 2.45) is 4.99 Å². The monoisotopic (exact) mass is 604 g/mol. The molecule has 7 nitrogen and oxygen atoms in total. The lowest BCUT2D eigenvalue weighted by atomic mass is 9.93. The molecule has 2 aromatic carbocycles. The van der Waals surface area contributed by atoms with Gasteiger partial charge in [-0.05, 0) is 55.3 Å². The number of halogens is 2. The molecule has 0 saturated carbocycles. The quantitative estimate of drug-likeness (QED) is 0.337. The van der Waals surface area contributed by atoms with Gasteiger partial charge in [0.05, 0.1) is 41.7 Å². The SMILES string of the molecule is CCCC1=C(C(=O)OCC)[C@@H](c2cc(Br)ccc2OC)n2c(s/c(=C\c3ccc(OC)c(Cl)c3)c2=O)=N1. The van der Waals surface area contributed by atoms with Gasteiger partial charge in [0.25, 0.3) is 5.56 Å². The minimum atomic E-state index is -0.772. The van der Waals surface area contributed by atoms with Crippen molar-refractivity contribution in [1.82, 2.24) is 4.57 Å². The Morgan fingerprint density at radius 1 is 1.16 bits per heavy atom. The molecule has 1 aromatic heterocycles. The molecule has 0 spiro atoms. The Labute approximate surface area is 231 Å². The minimum Gasteiger partial charge on any atom is -0.496 e. The number of benzene rings is 2. The lowest BCUT2D eigenvalue weighted by molar-refractivity contribution is -0.139. The van der Waals surface area contributed by atoms with Gasteiger partial charge in [0, 0.05) is 10.0 Å². The highest BCUT2D eigenvalue weighted by atomic mass is 79.9. The van der Waals surface area contributed by atoms with Crippen molar-refractivity contribution in [1.29, 1.82) is 0 Å². The first-order valence-corrected chi connectivity index (χ1v) is 13.7. The van der Waals surface area contributed by atoms with Gasteiger partial charge in [-0.15, -0.1) is 0 Å². The number of ether oxygens (including phenoxy) is 3. The van der Waals surface area contributed by atoms with Crippen LogP contribution in [0.3, 0.4) is 0 Å². The third-order valence-electron chi connectivity index (χ3n) is 5.85. The summed E-state index contributed by atoms with van der Waals surface area (Å²) in [6.07, 6.45) is 3.08. The topological polar surface area (TPSA) is 79.1 Å². The van der Waals surface area contributed by atoms with Crippen LogP contribution in [0.25, 0.3) is 6.08 Å². The minimum absolute atomic E-state index is 0.201. The van der Waals surface area contributed by atoms with E-state index in [-0.39, 0.29) is 12.2 Å². The first-order chi connectivity index (χ1) is 17.8. The summed E-state index contributed by atoms with van der Waals surface area (Å²) in [5.74, 6) is 0.590. The highest BCUT2D eigenvalue weighted by Crippen LogP contribution is 2.38. The second kappa shape index (κ2) is 11.7. The molecule has 0 amide bonds. The molecule has 0 N–H and O–H groups in total. The van der Waals surface area contributed by atoms with E-state index in [1.54, 1.807) is 50.0 Å². The molecule has 0 radical (unpaired) electrons. The van der Waals surface area contributed by atoms with Gasteiger partial charge in [-0.3, -0.25) is 9.36 Å². The molecular formula is C27H26BrClN2O5S. The summed E-state index contributed by atoms with van der Waals surface area (Å²) in [6, 6.07) is 10.0. The molecule has 1 atom stereocenters. The molecular weight excluding hydrogens is 580 g/mol. The van der Waals surface area contributed by atoms with E-state index in [1.807, 2.05) is 25.1 Å². The Kier molecular flexibility index (Phi) is 8.56. The van der Waals surface area contributed by atoms with Gasteiger partial charge < -0.3 is 14.2 Å². The maximum atomic E-state index is 13.9. The summed E-state index contributed by atoms with van der Waals surface area (Å²) < 4.78 is 19.1. The number of hydrogen-bond donors (Lipinski definition) is 0. The number of esters is 1. The molecule has 0 unspecified atom stereocenters. The van der Waals surface area contributed by atoms with Crippen molar-refractivity contribution in [3.05, 3.63) is 88.0 Å². The molecule has 0 fully saturated rings. The lowest BCUT2D eigenvalue weighted by Crippen LogP contribution is -2.40. The van der Waals surface area contributed by atoms with Crippen LogP contribution in [0, 0.1) is 0 Å². The van der Waals surface area contributed by atoms with Gasteiger partial charge in [0.2, 0.25) is 0 Å². The van der Waals surface area contributed by atoms with Crippen LogP contribution in [0.2, 0.25) is 5.02 Å². The smallest absolute Gasteiger partial charge is 0.338 e. The zero-order valence-corrected chi connectivity index (χ0v) is 24.0. The Bertz CT molecular complexity index is 1560. The van der Waals surface area contributed by atoms with E-state index in [2.05, 4.69) is 15.9 Å². The van der Waals surface area contributed by atoms with Gasteiger partial charge in [0.15, 0.2) is 4.80 Å². The summed E-state index contributed by atoms with van der Waals surface area (Å²) in [5, 5.41) is 0.440. The predicted octanol–water partition coefficient (Wildman–Crippen LogP) is 5.01. The average molecular weight is 606 g/mol. The highest BCUT2D eigenvalue weighted by Gasteiger charge is 2.36. The normalized spacial score (nSPS) is 15.3. The van der Waals surface area contributed by atoms with Crippen molar-refractivity contribution in [2.75, 3.05) is 20.8 Å². The van der Waals surface area contributed by atoms with Crippen molar-refractivity contribution < 1.29 is 19.0 Å². The first-order valence-electron chi connectivity index (χ1n) is 11.7. The third kappa shape index (κ3) is 5.39. The molecule has 3 aromatic rings. The number of fused-ring (bicyclic) bond motifs is 1. The molecule has 0 aliphatic carbocycles. The van der Waals surface area contributed by atoms with Crippen LogP contribution in [0.5, 0.6) is 11.5 Å². The fraction of sp³-hybridized carbons (Fsp3) is 0.296. The lowest BCUT2D eigenvalue weighted by Gasteiger charge is -2.27. The second-order valence-corrected chi connectivity index (χ2v) is 10.5. The summed E-state index contributed by atoms with van der Waals surface area (Å²) >= 11 is 11.1. The van der Waals surface area contributed by atoms with Gasteiger partial charge in [-0.1, -0.05) is 58.3 Å². The Hall–Kier alpha value is -2.88. The van der Waals surface area contributed by atoms with Crippen LogP contribution in [-0.2, 0) is 9.53 Å². The number of nitrogens with zero attached hydrogens (tertiary/aromatic N) is 2. The number of rotatable bonds is 8. The Balaban J connectivity index is 2.03. The third-order valence-corrected chi connectivity index (χ3v) is 7.62. The number of allylic oxidation sites excluding steroid dienone is 1. The van der Waals surface area contributed by atoms with E-state index in [1.165, 1.54) is 11.3 Å². The zero-order chi connectivity index (χ0) is 26.7. The van der Waals surface area contributed by atoms with Crippen molar-refractivity contribution >= 4 is 50.9 Å². The molecule has 194 valence electrons. The summed E-state index contributed by atoms with van der Waals surface area (Å²) in [7, 11) is 3.11. The molecule has 10 heteroatoms. The van der Waals surface area contributed by atoms with E-state index in [9.17, 15) is 9.59 Å². The van der Waals surface area contributed by atoms with Gasteiger partial charge in [-0.2, -0.15) is 0 Å². The number of carbonyl (C=O) groups excluding carboxylic acids is 1. The van der Waals surface area contributed by atoms with E-state index in [0.717, 1.165) is 16.5 Å². The van der Waals surface area contributed by atoms with Crippen LogP contribution in [0.15, 0.2) is 61.9 Å². The maximum absolute atomic E-state index is 13.9. The Morgan fingerprint density at radius 3 is 2.54 bits per heavy atom. The standard InChI is InChI=1S/C27H26BrClN2O5S/c1-5-7-19-23(26(33)36-6-2)24(17-14-16(28)9-11-20(17)34-3)31-25(32)22(37-27(31)30-19)13-15-8-10-21(35-4)18(29)12-15/h8-14,24H,5-7H2,1-4H3/b22-13-/t24-/m1/s1. The van der Waals surface area contributed by atoms with E-state index in [4.69, 9.17) is 30.8 Å². The summed E-state index contributed by atoms with van der Waals surface area (Å²) in [6.45, 7) is 3.97. The summed E-state index contributed by atoms with van der Waals surface area (Å²) in [5.41, 5.74) is 2.06. The van der Waals surface area contributed by atoms with E-state index >= 15 is 0 Å². The molecule has 1 aliphatic heterocycles. The zero-order valence-electron chi connectivity index (χ0n) is 20.8. The average Bonchev–Trinajstić information content (AvgIpc) is 3.18. The number of hydrogen-bond acceptors (Lipinski definition) is 7. The number of thiazole rings is 1. The predicted molar refractivity (Wildman–Crippen MR) is 148 cm³/mol. The van der Waals surface area contributed by atoms with Gasteiger partial charge in [-0.25, -0.2) is 9.79 Å². The number of carbonyl (C=O) groups is 1. The van der Waals surface area contributed by atoms with Crippen LogP contribution >= 0.6 is 38.9 Å². The highest BCUT2D eigenvalue weighted by molar-refractivity contribution is 9.10. The van der Waals surface area contributed by atoms with Crippen molar-refractivity contribution in [3.8, 4) is 11.5 Å². The van der Waals surface area contributed by atoms with Crippen molar-refractivity contribution in [2.45, 2.75) is 32.7 Å². The molecule has 1 aliphatic rings. The number of methoxy groups -OCH3 is 2. The van der Waals surface area contributed by atoms with Crippen molar-refractivity contribution in [3.63, 3.8) is 0 Å². The fourth-order valence-corrected chi connectivity index (χ4v) is 5.92. The Morgan fingerprint density at radius 2 is 1.89 bits per heavy atom. The largest absolute Gasteiger partial charge is 0.496 e. The fourth-order valence-electron chi connectivity index (χ4n) is 4.26. The maximum Gasteiger partial charge on any atom is 0.338 e. The van der Waals surface area contributed by atoms with Crippen LogP contribution in [-0.4, -0.2) is 31.4 Å². The second-order valence-electron chi connectivity index (χ2n) is 8.19. The van der Waals surface area contributed by atoms with Gasteiger partial charge >= 0.3 is 5.97 Å². The number of aromatic nitrogens is 1. The van der Waals surface area contributed by atoms with Gasteiger partial charge in [0.1, 0.15) is 17.5 Å². The van der Waals surface area contributed by atoms with Crippen LogP contribution in [0.1, 0.15) is 43.9 Å². The molecule has 4 rings (SSSR count). The molecule has 0 bridgehead atoms. The summed E-state index contributed by atoms with van der Waals surface area (Å²) in [4.78, 5) is 32.5. The molecule has 37 heavy (non-hydrogen) atoms. The van der Waals surface area contributed by atoms with Crippen LogP contribution in [0.4, 0.5) is 0 Å². The molecule has 0 saturated heterocycles. The van der Waals surface area contributed by atoms with E-state index < -0.39 is 12.0 Å².